The molecule has 1 atom stereocenters. The standard InChI is InChI=1S/C18H19ClFN3O2/c19-14-4-5-21-16(11-14)18(24)22-12-17(23-6-8-25-9-7-23)13-2-1-3-15(20)10-13/h1-5,10-11,17H,6-9,12H2,(H,22,24). The number of carbonyl (C=O) groups excluding carboxylic acids is 1. The van der Waals surface area contributed by atoms with Crippen LogP contribution >= 0.6 is 11.6 Å². The third-order valence-corrected chi connectivity index (χ3v) is 4.37. The van der Waals surface area contributed by atoms with Crippen molar-refractivity contribution in [1.82, 2.24) is 15.2 Å². The maximum absolute atomic E-state index is 13.6. The Labute approximate surface area is 150 Å². The highest BCUT2D eigenvalue weighted by atomic mass is 35.5. The highest BCUT2D eigenvalue weighted by molar-refractivity contribution is 6.30. The highest BCUT2D eigenvalue weighted by Gasteiger charge is 2.24. The van der Waals surface area contributed by atoms with E-state index in [-0.39, 0.29) is 23.5 Å². The number of amides is 1. The fourth-order valence-corrected chi connectivity index (χ4v) is 3.03. The van der Waals surface area contributed by atoms with E-state index in [0.29, 0.717) is 24.8 Å². The summed E-state index contributed by atoms with van der Waals surface area (Å²) in [6, 6.07) is 9.46. The normalized spacial score (nSPS) is 16.4. The maximum atomic E-state index is 13.6. The topological polar surface area (TPSA) is 54.5 Å². The molecule has 25 heavy (non-hydrogen) atoms. The summed E-state index contributed by atoms with van der Waals surface area (Å²) in [6.45, 7) is 3.04. The largest absolute Gasteiger partial charge is 0.379 e. The van der Waals surface area contributed by atoms with Crippen LogP contribution in [0.4, 0.5) is 4.39 Å². The Morgan fingerprint density at radius 1 is 1.32 bits per heavy atom. The van der Waals surface area contributed by atoms with E-state index in [1.54, 1.807) is 12.1 Å². The van der Waals surface area contributed by atoms with Crippen LogP contribution in [0.1, 0.15) is 22.1 Å². The molecule has 0 bridgehead atoms. The van der Waals surface area contributed by atoms with Crippen LogP contribution in [-0.4, -0.2) is 48.6 Å². The molecule has 1 aliphatic rings. The first kappa shape index (κ1) is 17.8. The third-order valence-electron chi connectivity index (χ3n) is 4.13. The van der Waals surface area contributed by atoms with Crippen molar-refractivity contribution < 1.29 is 13.9 Å². The van der Waals surface area contributed by atoms with E-state index in [9.17, 15) is 9.18 Å². The molecule has 132 valence electrons. The van der Waals surface area contributed by atoms with Gasteiger partial charge in [0.2, 0.25) is 0 Å². The number of pyridine rings is 1. The molecule has 1 saturated heterocycles. The van der Waals surface area contributed by atoms with E-state index in [1.165, 1.54) is 24.4 Å². The molecule has 1 unspecified atom stereocenters. The summed E-state index contributed by atoms with van der Waals surface area (Å²) in [5.41, 5.74) is 1.08. The summed E-state index contributed by atoms with van der Waals surface area (Å²) in [5, 5.41) is 3.33. The number of nitrogens with one attached hydrogen (secondary N) is 1. The van der Waals surface area contributed by atoms with Gasteiger partial charge in [-0.25, -0.2) is 4.39 Å². The van der Waals surface area contributed by atoms with Gasteiger partial charge < -0.3 is 10.1 Å². The van der Waals surface area contributed by atoms with E-state index >= 15 is 0 Å². The summed E-state index contributed by atoms with van der Waals surface area (Å²) >= 11 is 5.90. The van der Waals surface area contributed by atoms with Gasteiger partial charge in [0.25, 0.3) is 5.91 Å². The number of ether oxygens (including phenoxy) is 1. The van der Waals surface area contributed by atoms with Crippen molar-refractivity contribution in [3.63, 3.8) is 0 Å². The van der Waals surface area contributed by atoms with Crippen molar-refractivity contribution in [3.8, 4) is 0 Å². The monoisotopic (exact) mass is 363 g/mol. The molecule has 2 heterocycles. The maximum Gasteiger partial charge on any atom is 0.269 e. The summed E-state index contributed by atoms with van der Waals surface area (Å²) in [5.74, 6) is -0.601. The van der Waals surface area contributed by atoms with Crippen molar-refractivity contribution in [2.75, 3.05) is 32.8 Å². The molecule has 1 fully saturated rings. The van der Waals surface area contributed by atoms with Crippen LogP contribution in [0.25, 0.3) is 0 Å². The summed E-state index contributed by atoms with van der Waals surface area (Å²) < 4.78 is 19.0. The molecule has 0 aliphatic carbocycles. The predicted molar refractivity (Wildman–Crippen MR) is 93.1 cm³/mol. The molecule has 7 heteroatoms. The Bertz CT molecular complexity index is 738. The minimum atomic E-state index is -0.308. The van der Waals surface area contributed by atoms with Crippen molar-refractivity contribution in [3.05, 3.63) is 64.7 Å². The average molecular weight is 364 g/mol. The molecule has 1 N–H and O–H groups in total. The SMILES string of the molecule is O=C(NCC(c1cccc(F)c1)N1CCOCC1)c1cc(Cl)ccn1. The lowest BCUT2D eigenvalue weighted by Crippen LogP contribution is -2.44. The Morgan fingerprint density at radius 2 is 2.12 bits per heavy atom. The molecule has 1 aliphatic heterocycles. The first-order valence-corrected chi connectivity index (χ1v) is 8.48. The van der Waals surface area contributed by atoms with Gasteiger partial charge >= 0.3 is 0 Å². The second-order valence-electron chi connectivity index (χ2n) is 5.79. The van der Waals surface area contributed by atoms with Crippen molar-refractivity contribution in [2.24, 2.45) is 0 Å². The van der Waals surface area contributed by atoms with Crippen LogP contribution in [0.5, 0.6) is 0 Å². The number of hydrogen-bond donors (Lipinski definition) is 1. The van der Waals surface area contributed by atoms with Crippen LogP contribution in [0.15, 0.2) is 42.6 Å². The van der Waals surface area contributed by atoms with Crippen molar-refractivity contribution >= 4 is 17.5 Å². The smallest absolute Gasteiger partial charge is 0.269 e. The van der Waals surface area contributed by atoms with Gasteiger partial charge in [0, 0.05) is 30.9 Å². The molecule has 5 nitrogen and oxygen atoms in total. The van der Waals surface area contributed by atoms with E-state index in [0.717, 1.165) is 18.7 Å². The lowest BCUT2D eigenvalue weighted by Gasteiger charge is -2.34. The van der Waals surface area contributed by atoms with Gasteiger partial charge in [-0.1, -0.05) is 23.7 Å². The van der Waals surface area contributed by atoms with Gasteiger partial charge in [-0.15, -0.1) is 0 Å². The predicted octanol–water partition coefficient (Wildman–Crippen LogP) is 2.68. The number of hydrogen-bond acceptors (Lipinski definition) is 4. The number of carbonyl (C=O) groups is 1. The molecule has 0 radical (unpaired) electrons. The zero-order valence-electron chi connectivity index (χ0n) is 13.6. The van der Waals surface area contributed by atoms with Crippen LogP contribution in [-0.2, 0) is 4.74 Å². The fourth-order valence-electron chi connectivity index (χ4n) is 2.87. The second kappa shape index (κ2) is 8.38. The number of rotatable bonds is 5. The number of nitrogens with zero attached hydrogens (tertiary/aromatic N) is 2. The quantitative estimate of drug-likeness (QED) is 0.887. The molecule has 1 aromatic carbocycles. The van der Waals surface area contributed by atoms with Gasteiger partial charge in [-0.2, -0.15) is 0 Å². The average Bonchev–Trinajstić information content (AvgIpc) is 2.63. The van der Waals surface area contributed by atoms with Gasteiger partial charge in [-0.05, 0) is 29.8 Å². The Morgan fingerprint density at radius 3 is 2.84 bits per heavy atom. The van der Waals surface area contributed by atoms with Crippen LogP contribution < -0.4 is 5.32 Å². The summed E-state index contributed by atoms with van der Waals surface area (Å²) in [6.07, 6.45) is 1.49. The molecule has 1 amide bonds. The van der Waals surface area contributed by atoms with Crippen LogP contribution in [0, 0.1) is 5.82 Å². The Hall–Kier alpha value is -2.02. The number of aromatic nitrogens is 1. The van der Waals surface area contributed by atoms with Gasteiger partial charge in [0.05, 0.1) is 19.3 Å². The van der Waals surface area contributed by atoms with Crippen LogP contribution in [0.3, 0.4) is 0 Å². The minimum absolute atomic E-state index is 0.136. The molecule has 2 aromatic rings. The molecule has 1 aromatic heterocycles. The van der Waals surface area contributed by atoms with Crippen LogP contribution in [0.2, 0.25) is 5.02 Å². The molecule has 3 rings (SSSR count). The van der Waals surface area contributed by atoms with Gasteiger partial charge in [0.1, 0.15) is 11.5 Å². The number of halogens is 2. The first-order valence-electron chi connectivity index (χ1n) is 8.10. The zero-order chi connectivity index (χ0) is 17.6. The highest BCUT2D eigenvalue weighted by Crippen LogP contribution is 2.22. The Kier molecular flexibility index (Phi) is 5.96. The third kappa shape index (κ3) is 4.75. The first-order chi connectivity index (χ1) is 12.1. The minimum Gasteiger partial charge on any atom is -0.379 e. The van der Waals surface area contributed by atoms with E-state index in [1.807, 2.05) is 6.07 Å². The van der Waals surface area contributed by atoms with E-state index in [2.05, 4.69) is 15.2 Å². The molecular weight excluding hydrogens is 345 g/mol. The lowest BCUT2D eigenvalue weighted by molar-refractivity contribution is 0.0161. The lowest BCUT2D eigenvalue weighted by atomic mass is 10.0. The summed E-state index contributed by atoms with van der Waals surface area (Å²) in [4.78, 5) is 18.5. The molecule has 0 saturated carbocycles. The van der Waals surface area contributed by atoms with Gasteiger partial charge in [0.15, 0.2) is 0 Å². The second-order valence-corrected chi connectivity index (χ2v) is 6.22. The summed E-state index contributed by atoms with van der Waals surface area (Å²) in [7, 11) is 0. The fraction of sp³-hybridized carbons (Fsp3) is 0.333. The van der Waals surface area contributed by atoms with Crippen molar-refractivity contribution in [1.29, 1.82) is 0 Å². The van der Waals surface area contributed by atoms with E-state index in [4.69, 9.17) is 16.3 Å². The molecular formula is C18H19ClFN3O2. The van der Waals surface area contributed by atoms with Crippen molar-refractivity contribution in [2.45, 2.75) is 6.04 Å². The number of morpholine rings is 1. The number of benzene rings is 1. The zero-order valence-corrected chi connectivity index (χ0v) is 14.4. The van der Waals surface area contributed by atoms with E-state index < -0.39 is 0 Å². The Balaban J connectivity index is 1.74. The molecule has 0 spiro atoms. The van der Waals surface area contributed by atoms with Gasteiger partial charge in [-0.3, -0.25) is 14.7 Å².